The molecule has 1 fully saturated rings. The quantitative estimate of drug-likeness (QED) is 0.838. The zero-order valence-corrected chi connectivity index (χ0v) is 10.6. The van der Waals surface area contributed by atoms with Crippen molar-refractivity contribution in [3.63, 3.8) is 0 Å². The number of aryl methyl sites for hydroxylation is 1. The van der Waals surface area contributed by atoms with Crippen LogP contribution in [0.3, 0.4) is 0 Å². The van der Waals surface area contributed by atoms with Gasteiger partial charge in [-0.2, -0.15) is 0 Å². The molecule has 0 unspecified atom stereocenters. The standard InChI is InChI=1S/C12H20N4O/c1-10-8-11(9-13-2)15-12(14-10)16-4-3-6-17-7-5-16/h8,13H,3-7,9H2,1-2H3. The van der Waals surface area contributed by atoms with E-state index in [-0.39, 0.29) is 0 Å². The predicted octanol–water partition coefficient (Wildman–Crippen LogP) is 0.731. The molecule has 0 amide bonds. The number of nitrogens with zero attached hydrogens (tertiary/aromatic N) is 3. The van der Waals surface area contributed by atoms with E-state index in [1.54, 1.807) is 0 Å². The van der Waals surface area contributed by atoms with Crippen molar-refractivity contribution in [3.05, 3.63) is 17.5 Å². The predicted molar refractivity (Wildman–Crippen MR) is 67.2 cm³/mol. The number of anilines is 1. The molecule has 1 aromatic heterocycles. The lowest BCUT2D eigenvalue weighted by molar-refractivity contribution is 0.152. The minimum Gasteiger partial charge on any atom is -0.380 e. The summed E-state index contributed by atoms with van der Waals surface area (Å²) in [6.07, 6.45) is 1.04. The van der Waals surface area contributed by atoms with Crippen LogP contribution in [-0.4, -0.2) is 43.3 Å². The topological polar surface area (TPSA) is 50.3 Å². The Morgan fingerprint density at radius 3 is 3.06 bits per heavy atom. The van der Waals surface area contributed by atoms with E-state index in [4.69, 9.17) is 4.74 Å². The molecule has 1 aliphatic heterocycles. The number of hydrogen-bond donors (Lipinski definition) is 1. The van der Waals surface area contributed by atoms with Gasteiger partial charge in [-0.25, -0.2) is 9.97 Å². The summed E-state index contributed by atoms with van der Waals surface area (Å²) in [7, 11) is 1.93. The van der Waals surface area contributed by atoms with Gasteiger partial charge in [0.1, 0.15) is 0 Å². The Hall–Kier alpha value is -1.20. The molecule has 2 heterocycles. The Balaban J connectivity index is 2.17. The van der Waals surface area contributed by atoms with Crippen LogP contribution in [-0.2, 0) is 11.3 Å². The monoisotopic (exact) mass is 236 g/mol. The van der Waals surface area contributed by atoms with Gasteiger partial charge in [-0.05, 0) is 26.5 Å². The van der Waals surface area contributed by atoms with Gasteiger partial charge in [0.2, 0.25) is 5.95 Å². The number of aromatic nitrogens is 2. The van der Waals surface area contributed by atoms with Crippen molar-refractivity contribution < 1.29 is 4.74 Å². The van der Waals surface area contributed by atoms with Crippen molar-refractivity contribution in [1.29, 1.82) is 0 Å². The Morgan fingerprint density at radius 2 is 2.24 bits per heavy atom. The summed E-state index contributed by atoms with van der Waals surface area (Å²) in [5, 5.41) is 3.12. The van der Waals surface area contributed by atoms with Crippen LogP contribution in [0.1, 0.15) is 17.8 Å². The van der Waals surface area contributed by atoms with Crippen molar-refractivity contribution in [2.75, 3.05) is 38.3 Å². The number of nitrogens with one attached hydrogen (secondary N) is 1. The molecule has 0 aromatic carbocycles. The van der Waals surface area contributed by atoms with Crippen molar-refractivity contribution in [2.24, 2.45) is 0 Å². The molecule has 0 radical (unpaired) electrons. The van der Waals surface area contributed by atoms with Crippen LogP contribution >= 0.6 is 0 Å². The number of hydrogen-bond acceptors (Lipinski definition) is 5. The molecule has 0 saturated carbocycles. The fraction of sp³-hybridized carbons (Fsp3) is 0.667. The average molecular weight is 236 g/mol. The van der Waals surface area contributed by atoms with Crippen LogP contribution in [0.25, 0.3) is 0 Å². The normalized spacial score (nSPS) is 16.9. The van der Waals surface area contributed by atoms with Gasteiger partial charge in [-0.3, -0.25) is 0 Å². The van der Waals surface area contributed by atoms with E-state index < -0.39 is 0 Å². The van der Waals surface area contributed by atoms with Crippen LogP contribution in [0, 0.1) is 6.92 Å². The van der Waals surface area contributed by atoms with Gasteiger partial charge in [0.15, 0.2) is 0 Å². The van der Waals surface area contributed by atoms with Gasteiger partial charge in [0.25, 0.3) is 0 Å². The molecule has 1 aromatic rings. The first kappa shape index (κ1) is 12.3. The lowest BCUT2D eigenvalue weighted by Crippen LogP contribution is -2.28. The van der Waals surface area contributed by atoms with Crippen molar-refractivity contribution in [1.82, 2.24) is 15.3 Å². The molecule has 0 spiro atoms. The largest absolute Gasteiger partial charge is 0.380 e. The molecule has 0 bridgehead atoms. The van der Waals surface area contributed by atoms with E-state index in [1.807, 2.05) is 20.0 Å². The third kappa shape index (κ3) is 3.38. The maximum Gasteiger partial charge on any atom is 0.225 e. The minimum absolute atomic E-state index is 0.763. The third-order valence-corrected chi connectivity index (χ3v) is 2.76. The highest BCUT2D eigenvalue weighted by Gasteiger charge is 2.13. The molecular formula is C12H20N4O. The van der Waals surface area contributed by atoms with E-state index in [2.05, 4.69) is 20.2 Å². The van der Waals surface area contributed by atoms with E-state index in [1.165, 1.54) is 0 Å². The smallest absolute Gasteiger partial charge is 0.225 e. The second-order valence-corrected chi connectivity index (χ2v) is 4.28. The highest BCUT2D eigenvalue weighted by atomic mass is 16.5. The van der Waals surface area contributed by atoms with Gasteiger partial charge in [0.05, 0.1) is 12.3 Å². The molecule has 1 saturated heterocycles. The molecule has 0 aliphatic carbocycles. The van der Waals surface area contributed by atoms with E-state index in [0.29, 0.717) is 0 Å². The Labute approximate surface area is 102 Å². The minimum atomic E-state index is 0.763. The molecule has 5 heteroatoms. The Morgan fingerprint density at radius 1 is 1.35 bits per heavy atom. The van der Waals surface area contributed by atoms with Crippen LogP contribution in [0.4, 0.5) is 5.95 Å². The van der Waals surface area contributed by atoms with Gasteiger partial charge >= 0.3 is 0 Å². The molecule has 5 nitrogen and oxygen atoms in total. The molecule has 1 N–H and O–H groups in total. The summed E-state index contributed by atoms with van der Waals surface area (Å²) >= 11 is 0. The first-order chi connectivity index (χ1) is 8.29. The van der Waals surface area contributed by atoms with Crippen LogP contribution in [0.5, 0.6) is 0 Å². The van der Waals surface area contributed by atoms with Gasteiger partial charge in [0, 0.05) is 31.9 Å². The molecular weight excluding hydrogens is 216 g/mol. The Kier molecular flexibility index (Phi) is 4.28. The number of ether oxygens (including phenoxy) is 1. The lowest BCUT2D eigenvalue weighted by Gasteiger charge is -2.20. The first-order valence-electron chi connectivity index (χ1n) is 6.11. The van der Waals surface area contributed by atoms with E-state index in [0.717, 1.165) is 56.6 Å². The maximum atomic E-state index is 5.44. The highest BCUT2D eigenvalue weighted by Crippen LogP contribution is 2.12. The average Bonchev–Trinajstić information content (AvgIpc) is 2.57. The zero-order valence-electron chi connectivity index (χ0n) is 10.6. The maximum absolute atomic E-state index is 5.44. The van der Waals surface area contributed by atoms with E-state index in [9.17, 15) is 0 Å². The molecule has 17 heavy (non-hydrogen) atoms. The molecule has 0 atom stereocenters. The fourth-order valence-corrected chi connectivity index (χ4v) is 1.98. The molecule has 94 valence electrons. The summed E-state index contributed by atoms with van der Waals surface area (Å²) in [6, 6.07) is 2.02. The van der Waals surface area contributed by atoms with Crippen LogP contribution in [0.15, 0.2) is 6.07 Å². The summed E-state index contributed by atoms with van der Waals surface area (Å²) < 4.78 is 5.44. The summed E-state index contributed by atoms with van der Waals surface area (Å²) in [5.41, 5.74) is 2.06. The Bertz CT molecular complexity index is 362. The SMILES string of the molecule is CNCc1cc(C)nc(N2CCCOCC2)n1. The summed E-state index contributed by atoms with van der Waals surface area (Å²) in [4.78, 5) is 11.3. The summed E-state index contributed by atoms with van der Waals surface area (Å²) in [5.74, 6) is 0.834. The van der Waals surface area contributed by atoms with Crippen LogP contribution in [0.2, 0.25) is 0 Å². The van der Waals surface area contributed by atoms with Gasteiger partial charge < -0.3 is 15.0 Å². The van der Waals surface area contributed by atoms with E-state index >= 15 is 0 Å². The van der Waals surface area contributed by atoms with Crippen molar-refractivity contribution in [2.45, 2.75) is 19.9 Å². The van der Waals surface area contributed by atoms with Gasteiger partial charge in [-0.15, -0.1) is 0 Å². The van der Waals surface area contributed by atoms with Crippen molar-refractivity contribution >= 4 is 5.95 Å². The third-order valence-electron chi connectivity index (χ3n) is 2.76. The highest BCUT2D eigenvalue weighted by molar-refractivity contribution is 5.32. The first-order valence-corrected chi connectivity index (χ1v) is 6.11. The molecule has 2 rings (SSSR count). The second-order valence-electron chi connectivity index (χ2n) is 4.28. The zero-order chi connectivity index (χ0) is 12.1. The van der Waals surface area contributed by atoms with Crippen LogP contribution < -0.4 is 10.2 Å². The number of rotatable bonds is 3. The summed E-state index contributed by atoms with van der Waals surface area (Å²) in [6.45, 7) is 6.24. The fourth-order valence-electron chi connectivity index (χ4n) is 1.98. The second kappa shape index (κ2) is 5.93. The molecule has 1 aliphatic rings. The van der Waals surface area contributed by atoms with Gasteiger partial charge in [-0.1, -0.05) is 0 Å². The van der Waals surface area contributed by atoms with Crippen molar-refractivity contribution in [3.8, 4) is 0 Å². The lowest BCUT2D eigenvalue weighted by atomic mass is 10.3.